The molecule has 1 fully saturated rings. The second-order valence-corrected chi connectivity index (χ2v) is 7.05. The molecule has 2 aromatic rings. The maximum Gasteiger partial charge on any atom is 0.329 e. The molecule has 8 heteroatoms. The number of carbonyl (C=O) groups excluding carboxylic acids is 1. The highest BCUT2D eigenvalue weighted by atomic mass is 32.1. The second-order valence-electron chi connectivity index (χ2n) is 6.20. The van der Waals surface area contributed by atoms with E-state index in [0.717, 1.165) is 31.2 Å². The van der Waals surface area contributed by atoms with Gasteiger partial charge in [-0.2, -0.15) is 5.10 Å². The molecule has 2 N–H and O–H groups in total. The van der Waals surface area contributed by atoms with Crippen LogP contribution in [0, 0.1) is 0 Å². The Kier molecular flexibility index (Phi) is 4.66. The van der Waals surface area contributed by atoms with E-state index in [4.69, 9.17) is 0 Å². The van der Waals surface area contributed by atoms with Gasteiger partial charge in [-0.15, -0.1) is 11.3 Å². The number of nitrogens with one attached hydrogen (secondary N) is 1. The number of rotatable bonds is 4. The molecule has 0 spiro atoms. The van der Waals surface area contributed by atoms with Crippen LogP contribution in [0.15, 0.2) is 17.8 Å². The molecule has 1 amide bonds. The largest absolute Gasteiger partial charge is 0.480 e. The monoisotopic (exact) mass is 348 g/mol. The van der Waals surface area contributed by atoms with E-state index >= 15 is 0 Å². The molecule has 128 valence electrons. The topological polar surface area (TPSA) is 97.1 Å². The standard InChI is InChI=1S/C16H20N4O3S/c1-20-9-11(8-17-20)14-18-12(10-24-14)13(21)19-16(15(22)23)6-4-2-3-5-7-16/h8-10H,2-7H2,1H3,(H,19,21)(H,22,23). The first-order chi connectivity index (χ1) is 11.5. The van der Waals surface area contributed by atoms with Crippen molar-refractivity contribution >= 4 is 23.2 Å². The number of nitrogens with zero attached hydrogens (tertiary/aromatic N) is 3. The number of aromatic nitrogens is 3. The number of aryl methyl sites for hydroxylation is 1. The van der Waals surface area contributed by atoms with Crippen molar-refractivity contribution in [3.63, 3.8) is 0 Å². The summed E-state index contributed by atoms with van der Waals surface area (Å²) < 4.78 is 1.67. The van der Waals surface area contributed by atoms with E-state index in [1.54, 1.807) is 16.3 Å². The fraction of sp³-hybridized carbons (Fsp3) is 0.500. The van der Waals surface area contributed by atoms with E-state index in [0.29, 0.717) is 17.8 Å². The molecule has 1 aliphatic rings. The molecule has 7 nitrogen and oxygen atoms in total. The van der Waals surface area contributed by atoms with Gasteiger partial charge in [0.1, 0.15) is 16.2 Å². The molecular formula is C16H20N4O3S. The molecule has 0 bridgehead atoms. The normalized spacial score (nSPS) is 17.2. The van der Waals surface area contributed by atoms with Crippen LogP contribution in [0.3, 0.4) is 0 Å². The van der Waals surface area contributed by atoms with Crippen LogP contribution in [0.1, 0.15) is 49.0 Å². The van der Waals surface area contributed by atoms with E-state index in [1.165, 1.54) is 11.3 Å². The molecule has 3 rings (SSSR count). The van der Waals surface area contributed by atoms with Crippen LogP contribution in [0.4, 0.5) is 0 Å². The lowest BCUT2D eigenvalue weighted by molar-refractivity contribution is -0.145. The Hall–Kier alpha value is -2.22. The molecule has 0 aromatic carbocycles. The van der Waals surface area contributed by atoms with E-state index in [9.17, 15) is 14.7 Å². The zero-order valence-electron chi connectivity index (χ0n) is 13.5. The van der Waals surface area contributed by atoms with Gasteiger partial charge in [0.15, 0.2) is 0 Å². The van der Waals surface area contributed by atoms with Gasteiger partial charge in [0.25, 0.3) is 5.91 Å². The van der Waals surface area contributed by atoms with Crippen molar-refractivity contribution in [2.45, 2.75) is 44.1 Å². The lowest BCUT2D eigenvalue weighted by atomic mass is 9.90. The minimum atomic E-state index is -1.17. The third kappa shape index (κ3) is 3.33. The fourth-order valence-corrected chi connectivity index (χ4v) is 3.82. The summed E-state index contributed by atoms with van der Waals surface area (Å²) in [7, 11) is 1.81. The van der Waals surface area contributed by atoms with Gasteiger partial charge >= 0.3 is 5.97 Å². The van der Waals surface area contributed by atoms with Crippen molar-refractivity contribution < 1.29 is 14.7 Å². The Balaban J connectivity index is 1.78. The zero-order chi connectivity index (χ0) is 17.2. The third-order valence-corrected chi connectivity index (χ3v) is 5.30. The zero-order valence-corrected chi connectivity index (χ0v) is 14.3. The van der Waals surface area contributed by atoms with Crippen molar-refractivity contribution in [1.29, 1.82) is 0 Å². The van der Waals surface area contributed by atoms with Crippen molar-refractivity contribution in [2.75, 3.05) is 0 Å². The van der Waals surface area contributed by atoms with E-state index in [2.05, 4.69) is 15.4 Å². The summed E-state index contributed by atoms with van der Waals surface area (Å²) in [6.45, 7) is 0. The van der Waals surface area contributed by atoms with Crippen LogP contribution in [-0.2, 0) is 11.8 Å². The maximum absolute atomic E-state index is 12.5. The first kappa shape index (κ1) is 16.6. The van der Waals surface area contributed by atoms with Gasteiger partial charge in [0, 0.05) is 24.2 Å². The van der Waals surface area contributed by atoms with Crippen molar-refractivity contribution in [2.24, 2.45) is 7.05 Å². The van der Waals surface area contributed by atoms with Crippen molar-refractivity contribution in [3.05, 3.63) is 23.5 Å². The Morgan fingerprint density at radius 3 is 2.58 bits per heavy atom. The van der Waals surface area contributed by atoms with Gasteiger partial charge in [-0.25, -0.2) is 9.78 Å². The Labute approximate surface area is 143 Å². The smallest absolute Gasteiger partial charge is 0.329 e. The molecule has 2 heterocycles. The summed E-state index contributed by atoms with van der Waals surface area (Å²) in [5, 5.41) is 18.8. The molecule has 24 heavy (non-hydrogen) atoms. The molecule has 0 unspecified atom stereocenters. The van der Waals surface area contributed by atoms with Crippen LogP contribution >= 0.6 is 11.3 Å². The predicted octanol–water partition coefficient (Wildman–Crippen LogP) is 2.45. The summed E-state index contributed by atoms with van der Waals surface area (Å²) in [5.74, 6) is -1.38. The summed E-state index contributed by atoms with van der Waals surface area (Å²) in [5.41, 5.74) is -0.0845. The van der Waals surface area contributed by atoms with Crippen molar-refractivity contribution in [1.82, 2.24) is 20.1 Å². The quantitative estimate of drug-likeness (QED) is 0.827. The highest BCUT2D eigenvalue weighted by Crippen LogP contribution is 2.29. The number of carboxylic acid groups (broad SMARTS) is 1. The average Bonchev–Trinajstić information content (AvgIpc) is 3.12. The number of carboxylic acids is 1. The van der Waals surface area contributed by atoms with E-state index < -0.39 is 17.4 Å². The van der Waals surface area contributed by atoms with Crippen LogP contribution in [0.25, 0.3) is 10.6 Å². The number of thiazole rings is 1. The third-order valence-electron chi connectivity index (χ3n) is 4.41. The average molecular weight is 348 g/mol. The van der Waals surface area contributed by atoms with Crippen LogP contribution in [-0.4, -0.2) is 37.3 Å². The van der Waals surface area contributed by atoms with Crippen LogP contribution < -0.4 is 5.32 Å². The Bertz CT molecular complexity index is 744. The Morgan fingerprint density at radius 2 is 2.00 bits per heavy atom. The van der Waals surface area contributed by atoms with E-state index in [1.807, 2.05) is 13.2 Å². The minimum absolute atomic E-state index is 0.253. The van der Waals surface area contributed by atoms with Gasteiger partial charge in [-0.3, -0.25) is 9.48 Å². The predicted molar refractivity (Wildman–Crippen MR) is 89.9 cm³/mol. The molecule has 0 saturated heterocycles. The summed E-state index contributed by atoms with van der Waals surface area (Å²) in [6.07, 6.45) is 8.07. The van der Waals surface area contributed by atoms with Crippen LogP contribution in [0.5, 0.6) is 0 Å². The molecule has 1 saturated carbocycles. The number of carbonyl (C=O) groups is 2. The summed E-state index contributed by atoms with van der Waals surface area (Å²) >= 11 is 1.35. The van der Waals surface area contributed by atoms with Gasteiger partial charge in [0.2, 0.25) is 0 Å². The molecule has 0 aliphatic heterocycles. The number of hydrogen-bond acceptors (Lipinski definition) is 5. The highest BCUT2D eigenvalue weighted by Gasteiger charge is 2.40. The fourth-order valence-electron chi connectivity index (χ4n) is 3.05. The SMILES string of the molecule is Cn1cc(-c2nc(C(=O)NC3(C(=O)O)CCCCCC3)cs2)cn1. The van der Waals surface area contributed by atoms with Gasteiger partial charge in [-0.05, 0) is 12.8 Å². The van der Waals surface area contributed by atoms with Gasteiger partial charge in [0.05, 0.1) is 6.20 Å². The number of hydrogen-bond donors (Lipinski definition) is 2. The lowest BCUT2D eigenvalue weighted by Gasteiger charge is -2.28. The summed E-state index contributed by atoms with van der Waals surface area (Å²) in [6, 6.07) is 0. The van der Waals surface area contributed by atoms with Gasteiger partial charge < -0.3 is 10.4 Å². The summed E-state index contributed by atoms with van der Waals surface area (Å²) in [4.78, 5) is 28.6. The molecule has 2 aromatic heterocycles. The molecule has 1 aliphatic carbocycles. The maximum atomic E-state index is 12.5. The highest BCUT2D eigenvalue weighted by molar-refractivity contribution is 7.13. The van der Waals surface area contributed by atoms with Gasteiger partial charge in [-0.1, -0.05) is 25.7 Å². The lowest BCUT2D eigenvalue weighted by Crippen LogP contribution is -2.54. The second kappa shape index (κ2) is 6.72. The molecule has 0 atom stereocenters. The molecule has 0 radical (unpaired) electrons. The minimum Gasteiger partial charge on any atom is -0.480 e. The number of amides is 1. The Morgan fingerprint density at radius 1 is 1.29 bits per heavy atom. The number of aliphatic carboxylic acids is 1. The van der Waals surface area contributed by atoms with Crippen LogP contribution in [0.2, 0.25) is 0 Å². The molecular weight excluding hydrogens is 328 g/mol. The first-order valence-electron chi connectivity index (χ1n) is 8.01. The van der Waals surface area contributed by atoms with Crippen molar-refractivity contribution in [3.8, 4) is 10.6 Å². The first-order valence-corrected chi connectivity index (χ1v) is 8.89. The van der Waals surface area contributed by atoms with E-state index in [-0.39, 0.29) is 5.69 Å².